The second kappa shape index (κ2) is 8.86. The molecule has 3 atom stereocenters. The van der Waals surface area contributed by atoms with Crippen LogP contribution in [0.25, 0.3) is 0 Å². The van der Waals surface area contributed by atoms with Crippen molar-refractivity contribution in [3.05, 3.63) is 23.9 Å². The number of nitrogens with one attached hydrogen (secondary N) is 2. The van der Waals surface area contributed by atoms with Crippen LogP contribution in [-0.2, 0) is 4.79 Å². The van der Waals surface area contributed by atoms with Crippen molar-refractivity contribution in [1.82, 2.24) is 20.5 Å². The van der Waals surface area contributed by atoms with Crippen LogP contribution in [0.3, 0.4) is 0 Å². The number of piperidine rings is 1. The molecule has 1 aromatic heterocycles. The molecule has 3 heterocycles. The number of aromatic nitrogens is 1. The molecule has 0 bridgehead atoms. The largest absolute Gasteiger partial charge is 0.348 e. The van der Waals surface area contributed by atoms with Crippen LogP contribution in [-0.4, -0.2) is 58.7 Å². The number of amides is 2. The number of likely N-dealkylation sites (tertiary alicyclic amines) is 1. The third kappa shape index (κ3) is 4.57. The van der Waals surface area contributed by atoms with Gasteiger partial charge in [-0.1, -0.05) is 11.8 Å². The molecule has 3 unspecified atom stereocenters. The van der Waals surface area contributed by atoms with Gasteiger partial charge in [0.05, 0.1) is 10.8 Å². The number of nitrogens with zero attached hydrogens (tertiary/aromatic N) is 2. The van der Waals surface area contributed by atoms with E-state index < -0.39 is 0 Å². The quantitative estimate of drug-likeness (QED) is 0.770. The Morgan fingerprint density at radius 1 is 1.35 bits per heavy atom. The van der Waals surface area contributed by atoms with Gasteiger partial charge in [0.25, 0.3) is 5.91 Å². The molecule has 0 radical (unpaired) electrons. The highest BCUT2D eigenvalue weighted by Gasteiger charge is 2.27. The summed E-state index contributed by atoms with van der Waals surface area (Å²) in [5.74, 6) is 0.0246. The van der Waals surface area contributed by atoms with E-state index in [1.165, 1.54) is 11.8 Å². The average Bonchev–Trinajstić information content (AvgIpc) is 3.18. The van der Waals surface area contributed by atoms with E-state index in [1.807, 2.05) is 11.8 Å². The van der Waals surface area contributed by atoms with Gasteiger partial charge in [-0.3, -0.25) is 9.59 Å². The Bertz CT molecular complexity index is 648. The molecule has 0 aromatic carbocycles. The molecule has 2 amide bonds. The zero-order chi connectivity index (χ0) is 18.5. The second-order valence-electron chi connectivity index (χ2n) is 7.11. The van der Waals surface area contributed by atoms with Gasteiger partial charge in [-0.25, -0.2) is 4.98 Å². The number of carbonyl (C=O) groups excluding carboxylic acids is 2. The third-order valence-electron chi connectivity index (χ3n) is 5.15. The first-order chi connectivity index (χ1) is 12.6. The highest BCUT2D eigenvalue weighted by molar-refractivity contribution is 8.00. The lowest BCUT2D eigenvalue weighted by atomic mass is 9.99. The Morgan fingerprint density at radius 2 is 2.12 bits per heavy atom. The van der Waals surface area contributed by atoms with Gasteiger partial charge < -0.3 is 15.5 Å². The number of hydrogen-bond acceptors (Lipinski definition) is 5. The summed E-state index contributed by atoms with van der Waals surface area (Å²) in [6.07, 6.45) is 5.87. The van der Waals surface area contributed by atoms with E-state index in [-0.39, 0.29) is 29.1 Å². The number of pyridine rings is 1. The zero-order valence-corrected chi connectivity index (χ0v) is 16.3. The summed E-state index contributed by atoms with van der Waals surface area (Å²) in [5, 5.41) is 6.91. The second-order valence-corrected chi connectivity index (χ2v) is 8.44. The summed E-state index contributed by atoms with van der Waals surface area (Å²) in [7, 11) is 0. The maximum absolute atomic E-state index is 12.8. The van der Waals surface area contributed by atoms with Crippen LogP contribution in [0, 0.1) is 0 Å². The van der Waals surface area contributed by atoms with Crippen molar-refractivity contribution in [2.45, 2.75) is 61.9 Å². The first-order valence-corrected chi connectivity index (χ1v) is 10.4. The minimum Gasteiger partial charge on any atom is -0.348 e. The van der Waals surface area contributed by atoms with Crippen LogP contribution in [0.4, 0.5) is 0 Å². The fraction of sp³-hybridized carbons (Fsp3) is 0.632. The van der Waals surface area contributed by atoms with E-state index in [0.29, 0.717) is 10.6 Å². The Balaban J connectivity index is 1.67. The summed E-state index contributed by atoms with van der Waals surface area (Å²) in [6, 6.07) is 3.95. The first kappa shape index (κ1) is 19.2. The van der Waals surface area contributed by atoms with E-state index in [0.717, 1.165) is 45.3 Å². The van der Waals surface area contributed by atoms with Crippen molar-refractivity contribution < 1.29 is 9.59 Å². The monoisotopic (exact) mass is 376 g/mol. The van der Waals surface area contributed by atoms with Crippen LogP contribution in [0.15, 0.2) is 23.4 Å². The topological polar surface area (TPSA) is 74.3 Å². The van der Waals surface area contributed by atoms with Crippen molar-refractivity contribution in [3.63, 3.8) is 0 Å². The highest BCUT2D eigenvalue weighted by Crippen LogP contribution is 2.27. The molecule has 0 aliphatic carbocycles. The smallest absolute Gasteiger partial charge is 0.254 e. The molecule has 0 saturated carbocycles. The van der Waals surface area contributed by atoms with Crippen LogP contribution < -0.4 is 10.6 Å². The summed E-state index contributed by atoms with van der Waals surface area (Å²) < 4.78 is 0. The van der Waals surface area contributed by atoms with Crippen molar-refractivity contribution in [2.24, 2.45) is 0 Å². The van der Waals surface area contributed by atoms with Crippen LogP contribution in [0.5, 0.6) is 0 Å². The normalized spacial score (nSPS) is 24.3. The molecular weight excluding hydrogens is 348 g/mol. The lowest BCUT2D eigenvalue weighted by Gasteiger charge is -2.30. The molecule has 2 aliphatic rings. The third-order valence-corrected chi connectivity index (χ3v) is 6.25. The van der Waals surface area contributed by atoms with Gasteiger partial charge in [-0.15, -0.1) is 0 Å². The van der Waals surface area contributed by atoms with Crippen molar-refractivity contribution in [1.29, 1.82) is 0 Å². The molecule has 26 heavy (non-hydrogen) atoms. The number of rotatable bonds is 5. The fourth-order valence-electron chi connectivity index (χ4n) is 3.56. The molecule has 7 heteroatoms. The first-order valence-electron chi connectivity index (χ1n) is 9.51. The molecule has 2 saturated heterocycles. The summed E-state index contributed by atoms with van der Waals surface area (Å²) in [5.41, 5.74) is 0.552. The van der Waals surface area contributed by atoms with Crippen molar-refractivity contribution >= 4 is 23.6 Å². The highest BCUT2D eigenvalue weighted by atomic mass is 32.2. The molecule has 2 N–H and O–H groups in total. The van der Waals surface area contributed by atoms with Gasteiger partial charge >= 0.3 is 0 Å². The van der Waals surface area contributed by atoms with E-state index in [4.69, 9.17) is 0 Å². The van der Waals surface area contributed by atoms with Gasteiger partial charge in [0, 0.05) is 31.4 Å². The maximum Gasteiger partial charge on any atom is 0.254 e. The predicted molar refractivity (Wildman–Crippen MR) is 103 cm³/mol. The van der Waals surface area contributed by atoms with Gasteiger partial charge in [0.1, 0.15) is 5.03 Å². The number of hydrogen-bond donors (Lipinski definition) is 2. The molecule has 2 aliphatic heterocycles. The lowest BCUT2D eigenvalue weighted by Crippen LogP contribution is -2.52. The molecular formula is C19H28N4O2S. The Morgan fingerprint density at radius 3 is 2.85 bits per heavy atom. The van der Waals surface area contributed by atoms with Gasteiger partial charge in [0.2, 0.25) is 5.91 Å². The summed E-state index contributed by atoms with van der Waals surface area (Å²) >= 11 is 1.38. The van der Waals surface area contributed by atoms with Gasteiger partial charge in [-0.05, 0) is 58.2 Å². The molecule has 142 valence electrons. The van der Waals surface area contributed by atoms with Crippen LogP contribution in [0.1, 0.15) is 49.9 Å². The van der Waals surface area contributed by atoms with E-state index in [1.54, 1.807) is 18.3 Å². The molecule has 0 spiro atoms. The van der Waals surface area contributed by atoms with E-state index in [2.05, 4.69) is 22.5 Å². The predicted octanol–water partition coefficient (Wildman–Crippen LogP) is 2.05. The summed E-state index contributed by atoms with van der Waals surface area (Å²) in [6.45, 7) is 6.67. The van der Waals surface area contributed by atoms with Gasteiger partial charge in [-0.2, -0.15) is 0 Å². The Kier molecular flexibility index (Phi) is 6.53. The van der Waals surface area contributed by atoms with Crippen LogP contribution >= 0.6 is 11.8 Å². The standard InChI is InChI=1S/C19H28N4O2S/c1-13-16(8-6-9-20-13)22-17(24)15-7-5-10-21-18(15)26-14(2)19(25)23-11-3-4-12-23/h5,7,10,13-14,16,20H,3-4,6,8-9,11-12H2,1-2H3,(H,22,24). The fourth-order valence-corrected chi connectivity index (χ4v) is 4.55. The Hall–Kier alpha value is -1.60. The average molecular weight is 377 g/mol. The van der Waals surface area contributed by atoms with Crippen LogP contribution in [0.2, 0.25) is 0 Å². The minimum atomic E-state index is -0.246. The maximum atomic E-state index is 12.8. The molecule has 2 fully saturated rings. The molecule has 3 rings (SSSR count). The van der Waals surface area contributed by atoms with E-state index >= 15 is 0 Å². The molecule has 1 aromatic rings. The molecule has 6 nitrogen and oxygen atoms in total. The zero-order valence-electron chi connectivity index (χ0n) is 15.5. The lowest BCUT2D eigenvalue weighted by molar-refractivity contribution is -0.129. The SMILES string of the molecule is CC(Sc1ncccc1C(=O)NC1CCCNC1C)C(=O)N1CCCC1. The van der Waals surface area contributed by atoms with Gasteiger partial charge in [0.15, 0.2) is 0 Å². The van der Waals surface area contributed by atoms with Crippen molar-refractivity contribution in [2.75, 3.05) is 19.6 Å². The number of thioether (sulfide) groups is 1. The Labute approximate surface area is 159 Å². The minimum absolute atomic E-state index is 0.109. The summed E-state index contributed by atoms with van der Waals surface area (Å²) in [4.78, 5) is 31.6. The number of carbonyl (C=O) groups is 2. The van der Waals surface area contributed by atoms with Crippen molar-refractivity contribution in [3.8, 4) is 0 Å². The van der Waals surface area contributed by atoms with E-state index in [9.17, 15) is 9.59 Å².